The number of nitrogens with zero attached hydrogens (tertiary/aromatic N) is 2. The van der Waals surface area contributed by atoms with Crippen molar-refractivity contribution in [2.75, 3.05) is 0 Å². The molecule has 0 aliphatic heterocycles. The molecule has 0 aliphatic rings. The molecule has 3 aromatic heterocycles. The summed E-state index contributed by atoms with van der Waals surface area (Å²) in [6.45, 7) is 0. The molecule has 0 saturated carbocycles. The zero-order chi connectivity index (χ0) is 29.5. The zero-order valence-corrected chi connectivity index (χ0v) is 25.1. The highest BCUT2D eigenvalue weighted by Gasteiger charge is 2.22. The number of benzene rings is 7. The van der Waals surface area contributed by atoms with E-state index in [2.05, 4.69) is 167 Å². The van der Waals surface area contributed by atoms with Gasteiger partial charge < -0.3 is 9.13 Å². The van der Waals surface area contributed by atoms with Gasteiger partial charge in [0.1, 0.15) is 0 Å². The molecular weight excluding hydrogens is 565 g/mol. The van der Waals surface area contributed by atoms with Gasteiger partial charge >= 0.3 is 0 Å². The maximum absolute atomic E-state index is 2.51. The van der Waals surface area contributed by atoms with Gasteiger partial charge in [0.25, 0.3) is 0 Å². The van der Waals surface area contributed by atoms with Gasteiger partial charge in [-0.1, -0.05) is 109 Å². The van der Waals surface area contributed by atoms with Gasteiger partial charge in [0.2, 0.25) is 0 Å². The van der Waals surface area contributed by atoms with Crippen LogP contribution in [0.3, 0.4) is 0 Å². The molecule has 0 radical (unpaired) electrons. The zero-order valence-electron chi connectivity index (χ0n) is 24.3. The number of thiophene rings is 1. The minimum Gasteiger partial charge on any atom is -0.307 e. The topological polar surface area (TPSA) is 9.86 Å². The summed E-state index contributed by atoms with van der Waals surface area (Å²) in [5.41, 5.74) is 9.66. The average Bonchev–Trinajstić information content (AvgIpc) is 3.76. The molecule has 0 N–H and O–H groups in total. The molecule has 0 saturated heterocycles. The number of para-hydroxylation sites is 4. The first-order valence-electron chi connectivity index (χ1n) is 15.4. The van der Waals surface area contributed by atoms with Crippen LogP contribution in [0.2, 0.25) is 0 Å². The lowest BCUT2D eigenvalue weighted by atomic mass is 10.0. The molecule has 10 rings (SSSR count). The van der Waals surface area contributed by atoms with Crippen LogP contribution in [0.15, 0.2) is 158 Å². The first-order chi connectivity index (χ1) is 22.3. The van der Waals surface area contributed by atoms with Gasteiger partial charge in [0.05, 0.1) is 27.8 Å². The van der Waals surface area contributed by atoms with E-state index in [4.69, 9.17) is 0 Å². The lowest BCUT2D eigenvalue weighted by Gasteiger charge is -2.16. The van der Waals surface area contributed by atoms with E-state index in [1.807, 2.05) is 11.3 Å². The largest absolute Gasteiger partial charge is 0.307 e. The van der Waals surface area contributed by atoms with E-state index in [0.29, 0.717) is 0 Å². The average molecular weight is 591 g/mol. The molecule has 0 atom stereocenters. The SMILES string of the molecule is c1ccc(-n2c3ccccc3c3ccc4c5ccccc5n(-c5ccccc5-c5ccc6sc7ccccc7c6c5)c4c32)cc1. The fourth-order valence-electron chi connectivity index (χ4n) is 7.40. The second-order valence-corrected chi connectivity index (χ2v) is 12.8. The summed E-state index contributed by atoms with van der Waals surface area (Å²) in [7, 11) is 0. The van der Waals surface area contributed by atoms with Crippen molar-refractivity contribution in [3.05, 3.63) is 158 Å². The second kappa shape index (κ2) is 9.43. The Morgan fingerprint density at radius 3 is 1.73 bits per heavy atom. The van der Waals surface area contributed by atoms with Crippen LogP contribution in [0.1, 0.15) is 0 Å². The molecule has 0 bridgehead atoms. The molecule has 0 unspecified atom stereocenters. The monoisotopic (exact) mass is 590 g/mol. The van der Waals surface area contributed by atoms with Crippen molar-refractivity contribution >= 4 is 75.1 Å². The smallest absolute Gasteiger partial charge is 0.0789 e. The summed E-state index contributed by atoms with van der Waals surface area (Å²) in [6, 6.07) is 57.7. The molecule has 0 aliphatic carbocycles. The molecule has 45 heavy (non-hydrogen) atoms. The number of fused-ring (bicyclic) bond motifs is 10. The predicted molar refractivity (Wildman–Crippen MR) is 193 cm³/mol. The molecule has 0 fully saturated rings. The van der Waals surface area contributed by atoms with E-state index in [0.717, 1.165) is 5.69 Å². The molecule has 210 valence electrons. The quantitative estimate of drug-likeness (QED) is 0.194. The van der Waals surface area contributed by atoms with Crippen molar-refractivity contribution in [1.29, 1.82) is 0 Å². The van der Waals surface area contributed by atoms with Crippen LogP contribution in [0.4, 0.5) is 0 Å². The van der Waals surface area contributed by atoms with Crippen molar-refractivity contribution in [2.45, 2.75) is 0 Å². The van der Waals surface area contributed by atoms with Crippen LogP contribution in [0, 0.1) is 0 Å². The Morgan fingerprint density at radius 2 is 0.956 bits per heavy atom. The third-order valence-corrected chi connectivity index (χ3v) is 10.5. The van der Waals surface area contributed by atoms with E-state index in [1.54, 1.807) is 0 Å². The van der Waals surface area contributed by atoms with Crippen LogP contribution in [-0.2, 0) is 0 Å². The van der Waals surface area contributed by atoms with Crippen molar-refractivity contribution < 1.29 is 0 Å². The first kappa shape index (κ1) is 24.8. The van der Waals surface area contributed by atoms with Crippen molar-refractivity contribution in [3.63, 3.8) is 0 Å². The van der Waals surface area contributed by atoms with Crippen LogP contribution >= 0.6 is 11.3 Å². The second-order valence-electron chi connectivity index (χ2n) is 11.7. The van der Waals surface area contributed by atoms with Crippen LogP contribution in [0.5, 0.6) is 0 Å². The van der Waals surface area contributed by atoms with E-state index in [-0.39, 0.29) is 0 Å². The number of rotatable bonds is 3. The molecule has 7 aromatic carbocycles. The first-order valence-corrected chi connectivity index (χ1v) is 16.2. The van der Waals surface area contributed by atoms with Gasteiger partial charge in [0.15, 0.2) is 0 Å². The highest BCUT2D eigenvalue weighted by Crippen LogP contribution is 2.44. The third kappa shape index (κ3) is 3.50. The standard InChI is InChI=1S/C42H26N2S/c1-2-12-28(13-3-1)43-37-19-9-5-15-30(37)33-23-24-34-31-16-6-10-20-38(31)44(42(34)41(33)43)36-18-8-4-14-29(36)27-22-25-40-35(26-27)32-17-7-11-21-39(32)45-40/h1-26H. The lowest BCUT2D eigenvalue weighted by molar-refractivity contribution is 1.15. The van der Waals surface area contributed by atoms with E-state index in [1.165, 1.54) is 80.6 Å². The molecule has 2 nitrogen and oxygen atoms in total. The van der Waals surface area contributed by atoms with E-state index in [9.17, 15) is 0 Å². The number of hydrogen-bond donors (Lipinski definition) is 0. The summed E-state index contributed by atoms with van der Waals surface area (Å²) in [5, 5.41) is 7.67. The Labute approximate surface area is 263 Å². The van der Waals surface area contributed by atoms with Gasteiger partial charge in [0, 0.05) is 53.0 Å². The molecule has 3 heteroatoms. The van der Waals surface area contributed by atoms with Gasteiger partial charge in [-0.05, 0) is 54.1 Å². The Morgan fingerprint density at radius 1 is 0.378 bits per heavy atom. The Bertz CT molecular complexity index is 2760. The fraction of sp³-hybridized carbons (Fsp3) is 0. The van der Waals surface area contributed by atoms with Gasteiger partial charge in [-0.2, -0.15) is 0 Å². The summed E-state index contributed by atoms with van der Waals surface area (Å²) >= 11 is 1.87. The predicted octanol–water partition coefficient (Wildman–Crippen LogP) is 11.9. The van der Waals surface area contributed by atoms with Crippen LogP contribution < -0.4 is 0 Å². The molecule has 3 heterocycles. The Balaban J connectivity index is 1.36. The normalized spacial score (nSPS) is 12.0. The van der Waals surface area contributed by atoms with Gasteiger partial charge in [-0.15, -0.1) is 11.3 Å². The summed E-state index contributed by atoms with van der Waals surface area (Å²) in [6.07, 6.45) is 0. The van der Waals surface area contributed by atoms with Crippen molar-refractivity contribution in [2.24, 2.45) is 0 Å². The Hall–Kier alpha value is -5.64. The maximum atomic E-state index is 2.51. The van der Waals surface area contributed by atoms with Gasteiger partial charge in [-0.3, -0.25) is 0 Å². The van der Waals surface area contributed by atoms with Crippen LogP contribution in [0.25, 0.3) is 86.3 Å². The minimum absolute atomic E-state index is 1.16. The molecular formula is C42H26N2S. The van der Waals surface area contributed by atoms with Crippen molar-refractivity contribution in [1.82, 2.24) is 9.13 Å². The van der Waals surface area contributed by atoms with Crippen molar-refractivity contribution in [3.8, 4) is 22.5 Å². The number of hydrogen-bond acceptors (Lipinski definition) is 1. The highest BCUT2D eigenvalue weighted by atomic mass is 32.1. The molecule has 0 spiro atoms. The Kier molecular flexibility index (Phi) is 5.19. The fourth-order valence-corrected chi connectivity index (χ4v) is 8.49. The lowest BCUT2D eigenvalue weighted by Crippen LogP contribution is -2.00. The third-order valence-electron chi connectivity index (χ3n) is 9.32. The van der Waals surface area contributed by atoms with E-state index < -0.39 is 0 Å². The summed E-state index contributed by atoms with van der Waals surface area (Å²) < 4.78 is 7.62. The summed E-state index contributed by atoms with van der Waals surface area (Å²) in [4.78, 5) is 0. The van der Waals surface area contributed by atoms with Gasteiger partial charge in [-0.25, -0.2) is 0 Å². The van der Waals surface area contributed by atoms with E-state index >= 15 is 0 Å². The maximum Gasteiger partial charge on any atom is 0.0789 e. The van der Waals surface area contributed by atoms with Crippen LogP contribution in [-0.4, -0.2) is 9.13 Å². The molecule has 0 amide bonds. The summed E-state index contributed by atoms with van der Waals surface area (Å²) in [5.74, 6) is 0. The minimum atomic E-state index is 1.16. The highest BCUT2D eigenvalue weighted by molar-refractivity contribution is 7.25. The molecule has 10 aromatic rings. The number of aromatic nitrogens is 2.